The Hall–Kier alpha value is -2.38. The zero-order chi connectivity index (χ0) is 18.7. The van der Waals surface area contributed by atoms with E-state index in [0.717, 1.165) is 11.8 Å². The van der Waals surface area contributed by atoms with Crippen LogP contribution in [-0.4, -0.2) is 21.4 Å². The number of hydrogen-bond acceptors (Lipinski definition) is 5. The molecule has 3 aromatic rings. The second-order valence-electron chi connectivity index (χ2n) is 5.60. The molecule has 2 aromatic carbocycles. The molecule has 0 unspecified atom stereocenters. The number of halogens is 2. The largest absolute Gasteiger partial charge is 0.411 e. The van der Waals surface area contributed by atoms with Gasteiger partial charge in [0, 0.05) is 16.3 Å². The normalized spacial score (nSPS) is 12.0. The van der Waals surface area contributed by atoms with Gasteiger partial charge in [0.2, 0.25) is 11.8 Å². The number of aromatic nitrogens is 2. The van der Waals surface area contributed by atoms with Crippen molar-refractivity contribution in [3.8, 4) is 11.5 Å². The van der Waals surface area contributed by atoms with E-state index < -0.39 is 5.25 Å². The van der Waals surface area contributed by atoms with Crippen LogP contribution in [0.25, 0.3) is 11.5 Å². The van der Waals surface area contributed by atoms with E-state index in [2.05, 4.69) is 15.5 Å². The molecule has 0 saturated heterocycles. The summed E-state index contributed by atoms with van der Waals surface area (Å²) in [6.07, 6.45) is 0. The molecule has 1 heterocycles. The van der Waals surface area contributed by atoms with Crippen LogP contribution in [0.4, 0.5) is 10.1 Å². The fourth-order valence-corrected chi connectivity index (χ4v) is 2.99. The lowest BCUT2D eigenvalue weighted by molar-refractivity contribution is -0.115. The predicted molar refractivity (Wildman–Crippen MR) is 99.8 cm³/mol. The van der Waals surface area contributed by atoms with Crippen molar-refractivity contribution in [1.82, 2.24) is 10.2 Å². The van der Waals surface area contributed by atoms with Crippen LogP contribution in [0.5, 0.6) is 0 Å². The SMILES string of the molecule is Cc1ccc(NC(=O)[C@H](C)Sc2nnc(-c3cccc(Cl)c3)o2)cc1F. The van der Waals surface area contributed by atoms with E-state index >= 15 is 0 Å². The van der Waals surface area contributed by atoms with Gasteiger partial charge in [-0.2, -0.15) is 0 Å². The van der Waals surface area contributed by atoms with E-state index in [-0.39, 0.29) is 16.9 Å². The number of nitrogens with one attached hydrogen (secondary N) is 1. The van der Waals surface area contributed by atoms with Crippen molar-refractivity contribution in [2.24, 2.45) is 0 Å². The Morgan fingerprint density at radius 1 is 1.27 bits per heavy atom. The molecule has 3 rings (SSSR count). The van der Waals surface area contributed by atoms with Crippen molar-refractivity contribution >= 4 is 35.0 Å². The summed E-state index contributed by atoms with van der Waals surface area (Å²) >= 11 is 7.07. The highest BCUT2D eigenvalue weighted by atomic mass is 35.5. The second kappa shape index (κ2) is 7.88. The van der Waals surface area contributed by atoms with Crippen molar-refractivity contribution < 1.29 is 13.6 Å². The quantitative estimate of drug-likeness (QED) is 0.623. The van der Waals surface area contributed by atoms with Crippen LogP contribution >= 0.6 is 23.4 Å². The molecular weight excluding hydrogens is 377 g/mol. The van der Waals surface area contributed by atoms with E-state index in [1.165, 1.54) is 6.07 Å². The molecule has 1 N–H and O–H groups in total. The summed E-state index contributed by atoms with van der Waals surface area (Å²) < 4.78 is 19.1. The third kappa shape index (κ3) is 4.42. The summed E-state index contributed by atoms with van der Waals surface area (Å²) in [5.74, 6) is -0.338. The molecule has 0 aliphatic carbocycles. The van der Waals surface area contributed by atoms with Gasteiger partial charge in [-0.15, -0.1) is 10.2 Å². The summed E-state index contributed by atoms with van der Waals surface area (Å²) in [6.45, 7) is 3.36. The highest BCUT2D eigenvalue weighted by Gasteiger charge is 2.19. The van der Waals surface area contributed by atoms with Gasteiger partial charge in [0.05, 0.1) is 5.25 Å². The van der Waals surface area contributed by atoms with E-state index in [9.17, 15) is 9.18 Å². The molecule has 0 bridgehead atoms. The van der Waals surface area contributed by atoms with Crippen molar-refractivity contribution in [3.63, 3.8) is 0 Å². The van der Waals surface area contributed by atoms with Gasteiger partial charge in [0.1, 0.15) is 5.82 Å². The Kier molecular flexibility index (Phi) is 5.58. The predicted octanol–water partition coefficient (Wildman–Crippen LogP) is 4.96. The van der Waals surface area contributed by atoms with E-state index in [0.29, 0.717) is 27.7 Å². The van der Waals surface area contributed by atoms with Crippen molar-refractivity contribution in [2.45, 2.75) is 24.3 Å². The smallest absolute Gasteiger partial charge is 0.277 e. The first-order valence-electron chi connectivity index (χ1n) is 7.75. The van der Waals surface area contributed by atoms with Crippen molar-refractivity contribution in [1.29, 1.82) is 0 Å². The maximum atomic E-state index is 13.6. The molecule has 0 aliphatic heterocycles. The van der Waals surface area contributed by atoms with Crippen LogP contribution in [-0.2, 0) is 4.79 Å². The molecule has 0 radical (unpaired) electrons. The number of anilines is 1. The first-order chi connectivity index (χ1) is 12.4. The van der Waals surface area contributed by atoms with Crippen molar-refractivity contribution in [2.75, 3.05) is 5.32 Å². The first-order valence-corrected chi connectivity index (χ1v) is 9.01. The van der Waals surface area contributed by atoms with Crippen LogP contribution in [0.3, 0.4) is 0 Å². The molecule has 1 aromatic heterocycles. The number of carbonyl (C=O) groups excluding carboxylic acids is 1. The third-order valence-corrected chi connectivity index (χ3v) is 4.73. The highest BCUT2D eigenvalue weighted by molar-refractivity contribution is 8.00. The maximum absolute atomic E-state index is 13.6. The number of aryl methyl sites for hydroxylation is 1. The lowest BCUT2D eigenvalue weighted by Crippen LogP contribution is -2.22. The van der Waals surface area contributed by atoms with Gasteiger partial charge >= 0.3 is 0 Å². The van der Waals surface area contributed by atoms with Crippen LogP contribution in [0.2, 0.25) is 5.02 Å². The Morgan fingerprint density at radius 2 is 2.08 bits per heavy atom. The highest BCUT2D eigenvalue weighted by Crippen LogP contribution is 2.28. The number of benzene rings is 2. The molecule has 0 fully saturated rings. The fraction of sp³-hybridized carbons (Fsp3) is 0.167. The summed E-state index contributed by atoms with van der Waals surface area (Å²) in [4.78, 5) is 12.3. The Morgan fingerprint density at radius 3 is 2.81 bits per heavy atom. The first kappa shape index (κ1) is 18.4. The van der Waals surface area contributed by atoms with E-state index in [1.54, 1.807) is 50.2 Å². The molecule has 1 amide bonds. The number of thioether (sulfide) groups is 1. The third-order valence-electron chi connectivity index (χ3n) is 3.56. The lowest BCUT2D eigenvalue weighted by Gasteiger charge is -2.10. The zero-order valence-corrected chi connectivity index (χ0v) is 15.6. The van der Waals surface area contributed by atoms with Crippen molar-refractivity contribution in [3.05, 3.63) is 58.9 Å². The van der Waals surface area contributed by atoms with Crippen LogP contribution in [0.15, 0.2) is 52.1 Å². The maximum Gasteiger partial charge on any atom is 0.277 e. The minimum atomic E-state index is -0.507. The Labute approximate surface area is 159 Å². The lowest BCUT2D eigenvalue weighted by atomic mass is 10.2. The minimum absolute atomic E-state index is 0.262. The van der Waals surface area contributed by atoms with Gasteiger partial charge in [0.15, 0.2) is 0 Å². The topological polar surface area (TPSA) is 68.0 Å². The van der Waals surface area contributed by atoms with Gasteiger partial charge in [0.25, 0.3) is 5.22 Å². The Bertz CT molecular complexity index is 948. The van der Waals surface area contributed by atoms with Gasteiger partial charge in [-0.1, -0.05) is 35.5 Å². The average Bonchev–Trinajstić information content (AvgIpc) is 3.06. The van der Waals surface area contributed by atoms with Crippen LogP contribution in [0, 0.1) is 12.7 Å². The molecule has 134 valence electrons. The number of nitrogens with zero attached hydrogens (tertiary/aromatic N) is 2. The van der Waals surface area contributed by atoms with Gasteiger partial charge in [-0.3, -0.25) is 4.79 Å². The van der Waals surface area contributed by atoms with Gasteiger partial charge < -0.3 is 9.73 Å². The molecule has 5 nitrogen and oxygen atoms in total. The molecular formula is C18H15ClFN3O2S. The van der Waals surface area contributed by atoms with E-state index in [1.807, 2.05) is 0 Å². The summed E-state index contributed by atoms with van der Waals surface area (Å²) in [7, 11) is 0. The number of hydrogen-bond donors (Lipinski definition) is 1. The number of amides is 1. The molecule has 8 heteroatoms. The minimum Gasteiger partial charge on any atom is -0.411 e. The summed E-state index contributed by atoms with van der Waals surface area (Å²) in [6, 6.07) is 11.6. The molecule has 26 heavy (non-hydrogen) atoms. The molecule has 0 saturated carbocycles. The number of rotatable bonds is 5. The monoisotopic (exact) mass is 391 g/mol. The second-order valence-corrected chi connectivity index (χ2v) is 7.33. The van der Waals surface area contributed by atoms with Gasteiger partial charge in [-0.05, 0) is 49.7 Å². The number of carbonyl (C=O) groups is 1. The molecule has 0 aliphatic rings. The fourth-order valence-electron chi connectivity index (χ4n) is 2.11. The summed E-state index contributed by atoms with van der Waals surface area (Å²) in [5, 5.41) is 10.9. The van der Waals surface area contributed by atoms with Crippen LogP contribution < -0.4 is 5.32 Å². The zero-order valence-electron chi connectivity index (χ0n) is 14.0. The average molecular weight is 392 g/mol. The van der Waals surface area contributed by atoms with Crippen LogP contribution in [0.1, 0.15) is 12.5 Å². The van der Waals surface area contributed by atoms with Gasteiger partial charge in [-0.25, -0.2) is 4.39 Å². The molecule has 1 atom stereocenters. The Balaban J connectivity index is 1.65. The summed E-state index contributed by atoms with van der Waals surface area (Å²) in [5.41, 5.74) is 1.62. The molecule has 0 spiro atoms. The standard InChI is InChI=1S/C18H15ClFN3O2S/c1-10-6-7-14(9-15(10)20)21-16(24)11(2)26-18-23-22-17(25-18)12-4-3-5-13(19)8-12/h3-9,11H,1-2H3,(H,21,24)/t11-/m0/s1. The van der Waals surface area contributed by atoms with E-state index in [4.69, 9.17) is 16.0 Å².